The molecule has 1 atom stereocenters. The van der Waals surface area contributed by atoms with Crippen LogP contribution in [0.4, 0.5) is 0 Å². The minimum atomic E-state index is -0.0399. The quantitative estimate of drug-likeness (QED) is 0.746. The highest BCUT2D eigenvalue weighted by molar-refractivity contribution is 5.69. The fourth-order valence-corrected chi connectivity index (χ4v) is 2.18. The topological polar surface area (TPSA) is 56.2 Å². The molecule has 0 aromatic carbocycles. The Bertz CT molecular complexity index is 671. The first-order valence-electron chi connectivity index (χ1n) is 5.89. The van der Waals surface area contributed by atoms with Gasteiger partial charge in [0, 0.05) is 30.1 Å². The van der Waals surface area contributed by atoms with Crippen molar-refractivity contribution in [2.75, 3.05) is 0 Å². The van der Waals surface area contributed by atoms with E-state index in [4.69, 9.17) is 5.73 Å². The summed E-state index contributed by atoms with van der Waals surface area (Å²) in [5.41, 5.74) is 10.1. The number of pyridine rings is 1. The van der Waals surface area contributed by atoms with Crippen LogP contribution in [0.15, 0.2) is 49.1 Å². The Labute approximate surface area is 105 Å². The molecular weight excluding hydrogens is 224 g/mol. The van der Waals surface area contributed by atoms with Crippen molar-refractivity contribution in [2.45, 2.75) is 13.0 Å². The third kappa shape index (κ3) is 1.67. The molecule has 4 nitrogen and oxygen atoms in total. The van der Waals surface area contributed by atoms with Gasteiger partial charge in [-0.15, -0.1) is 0 Å². The van der Waals surface area contributed by atoms with Crippen molar-refractivity contribution >= 4 is 5.52 Å². The van der Waals surface area contributed by atoms with E-state index in [9.17, 15) is 0 Å². The van der Waals surface area contributed by atoms with Crippen LogP contribution in [0.2, 0.25) is 0 Å². The van der Waals surface area contributed by atoms with Crippen LogP contribution in [0.25, 0.3) is 16.9 Å². The molecule has 0 spiro atoms. The summed E-state index contributed by atoms with van der Waals surface area (Å²) in [6.45, 7) is 1.98. The monoisotopic (exact) mass is 238 g/mol. The lowest BCUT2D eigenvalue weighted by Gasteiger charge is -2.08. The van der Waals surface area contributed by atoms with Crippen molar-refractivity contribution in [1.82, 2.24) is 14.4 Å². The second-order valence-electron chi connectivity index (χ2n) is 4.32. The molecule has 0 aliphatic carbocycles. The van der Waals surface area contributed by atoms with Gasteiger partial charge in [-0.1, -0.05) is 6.07 Å². The van der Waals surface area contributed by atoms with Gasteiger partial charge in [0.25, 0.3) is 0 Å². The summed E-state index contributed by atoms with van der Waals surface area (Å²) in [4.78, 5) is 8.51. The normalized spacial score (nSPS) is 12.8. The molecule has 0 radical (unpaired) electrons. The van der Waals surface area contributed by atoms with E-state index >= 15 is 0 Å². The molecule has 18 heavy (non-hydrogen) atoms. The summed E-state index contributed by atoms with van der Waals surface area (Å²) >= 11 is 0. The number of rotatable bonds is 2. The van der Waals surface area contributed by atoms with Crippen LogP contribution in [0, 0.1) is 0 Å². The molecule has 0 fully saturated rings. The molecule has 3 rings (SSSR count). The van der Waals surface area contributed by atoms with Crippen molar-refractivity contribution < 1.29 is 0 Å². The van der Waals surface area contributed by atoms with E-state index < -0.39 is 0 Å². The van der Waals surface area contributed by atoms with E-state index in [-0.39, 0.29) is 6.04 Å². The van der Waals surface area contributed by atoms with Gasteiger partial charge in [-0.3, -0.25) is 9.97 Å². The molecule has 90 valence electrons. The van der Waals surface area contributed by atoms with Gasteiger partial charge in [-0.2, -0.15) is 0 Å². The van der Waals surface area contributed by atoms with Crippen LogP contribution in [0.1, 0.15) is 18.5 Å². The predicted molar refractivity (Wildman–Crippen MR) is 71.0 cm³/mol. The summed E-state index contributed by atoms with van der Waals surface area (Å²) in [7, 11) is 0. The molecule has 2 N–H and O–H groups in total. The van der Waals surface area contributed by atoms with E-state index in [1.807, 2.05) is 25.3 Å². The lowest BCUT2D eigenvalue weighted by Crippen LogP contribution is -2.06. The van der Waals surface area contributed by atoms with Crippen molar-refractivity contribution in [1.29, 1.82) is 0 Å². The zero-order valence-corrected chi connectivity index (χ0v) is 10.1. The summed E-state index contributed by atoms with van der Waals surface area (Å²) in [6.07, 6.45) is 7.15. The van der Waals surface area contributed by atoms with Gasteiger partial charge in [0.2, 0.25) is 0 Å². The smallest absolute Gasteiger partial charge is 0.106 e. The number of fused-ring (bicyclic) bond motifs is 1. The van der Waals surface area contributed by atoms with Gasteiger partial charge in [0.15, 0.2) is 0 Å². The van der Waals surface area contributed by atoms with Crippen LogP contribution < -0.4 is 5.73 Å². The maximum atomic E-state index is 6.05. The summed E-state index contributed by atoms with van der Waals surface area (Å²) in [6, 6.07) is 8.14. The average molecular weight is 238 g/mol. The lowest BCUT2D eigenvalue weighted by atomic mass is 10.1. The number of hydrogen-bond donors (Lipinski definition) is 1. The number of aromatic nitrogens is 3. The third-order valence-corrected chi connectivity index (χ3v) is 3.01. The Morgan fingerprint density at radius 1 is 1.28 bits per heavy atom. The van der Waals surface area contributed by atoms with Crippen LogP contribution in [0.3, 0.4) is 0 Å². The number of nitrogens with two attached hydrogens (primary N) is 1. The zero-order chi connectivity index (χ0) is 12.5. The van der Waals surface area contributed by atoms with E-state index in [1.54, 1.807) is 18.6 Å². The Balaban J connectivity index is 2.35. The molecule has 0 bridgehead atoms. The summed E-state index contributed by atoms with van der Waals surface area (Å²) in [5.74, 6) is 0. The number of nitrogens with zero attached hydrogens (tertiary/aromatic N) is 3. The van der Waals surface area contributed by atoms with E-state index in [0.717, 1.165) is 22.5 Å². The minimum Gasteiger partial charge on any atom is -0.324 e. The molecule has 0 saturated carbocycles. The Hall–Kier alpha value is -2.20. The van der Waals surface area contributed by atoms with Crippen molar-refractivity contribution in [3.05, 3.63) is 54.6 Å². The van der Waals surface area contributed by atoms with Crippen LogP contribution in [0.5, 0.6) is 0 Å². The standard InChI is InChI=1S/C14H14N4/c1-10(15)12-8-11-4-2-3-7-18(11)14(12)13-9-16-5-6-17-13/h2-10H,15H2,1H3. The Morgan fingerprint density at radius 3 is 2.89 bits per heavy atom. The molecule has 1 unspecified atom stereocenters. The predicted octanol–water partition coefficient (Wildman–Crippen LogP) is 2.42. The summed E-state index contributed by atoms with van der Waals surface area (Å²) < 4.78 is 2.10. The van der Waals surface area contributed by atoms with E-state index in [1.165, 1.54) is 0 Å². The Morgan fingerprint density at radius 2 is 2.17 bits per heavy atom. The van der Waals surface area contributed by atoms with Crippen LogP contribution in [-0.4, -0.2) is 14.4 Å². The fourth-order valence-electron chi connectivity index (χ4n) is 2.18. The first-order valence-corrected chi connectivity index (χ1v) is 5.89. The van der Waals surface area contributed by atoms with Gasteiger partial charge in [0.1, 0.15) is 5.69 Å². The van der Waals surface area contributed by atoms with Crippen LogP contribution >= 0.6 is 0 Å². The molecular formula is C14H14N4. The Kier molecular flexibility index (Phi) is 2.57. The minimum absolute atomic E-state index is 0.0399. The lowest BCUT2D eigenvalue weighted by molar-refractivity contribution is 0.819. The van der Waals surface area contributed by atoms with Crippen molar-refractivity contribution in [3.8, 4) is 11.4 Å². The zero-order valence-electron chi connectivity index (χ0n) is 10.1. The second-order valence-corrected chi connectivity index (χ2v) is 4.32. The molecule has 0 saturated heterocycles. The summed E-state index contributed by atoms with van der Waals surface area (Å²) in [5, 5.41) is 0. The average Bonchev–Trinajstić information content (AvgIpc) is 2.79. The van der Waals surface area contributed by atoms with Crippen LogP contribution in [-0.2, 0) is 0 Å². The molecule has 3 heterocycles. The first-order chi connectivity index (χ1) is 8.77. The highest BCUT2D eigenvalue weighted by Crippen LogP contribution is 2.29. The molecule has 4 heteroatoms. The molecule has 0 aliphatic rings. The maximum absolute atomic E-state index is 6.05. The second kappa shape index (κ2) is 4.23. The van der Waals surface area contributed by atoms with E-state index in [0.29, 0.717) is 0 Å². The number of hydrogen-bond acceptors (Lipinski definition) is 3. The van der Waals surface area contributed by atoms with Gasteiger partial charge in [-0.05, 0) is 30.7 Å². The largest absolute Gasteiger partial charge is 0.324 e. The van der Waals surface area contributed by atoms with Crippen molar-refractivity contribution in [3.63, 3.8) is 0 Å². The van der Waals surface area contributed by atoms with Crippen molar-refractivity contribution in [2.24, 2.45) is 5.73 Å². The van der Waals surface area contributed by atoms with Gasteiger partial charge in [0.05, 0.1) is 11.9 Å². The third-order valence-electron chi connectivity index (χ3n) is 3.01. The highest BCUT2D eigenvalue weighted by Gasteiger charge is 2.15. The molecule has 0 amide bonds. The first kappa shape index (κ1) is 10.9. The van der Waals surface area contributed by atoms with Gasteiger partial charge >= 0.3 is 0 Å². The molecule has 3 aromatic rings. The SMILES string of the molecule is CC(N)c1cc2ccccn2c1-c1cnccn1. The van der Waals surface area contributed by atoms with Gasteiger partial charge in [-0.25, -0.2) is 0 Å². The molecule has 0 aliphatic heterocycles. The maximum Gasteiger partial charge on any atom is 0.106 e. The highest BCUT2D eigenvalue weighted by atomic mass is 14.9. The molecule has 3 aromatic heterocycles. The fraction of sp³-hybridized carbons (Fsp3) is 0.143. The van der Waals surface area contributed by atoms with Gasteiger partial charge < -0.3 is 10.1 Å². The van der Waals surface area contributed by atoms with E-state index in [2.05, 4.69) is 26.5 Å².